The van der Waals surface area contributed by atoms with Gasteiger partial charge >= 0.3 is 11.9 Å². The molecule has 0 aromatic rings. The molecule has 5 nitrogen and oxygen atoms in total. The second kappa shape index (κ2) is 77.5. The van der Waals surface area contributed by atoms with Crippen LogP contribution in [0.4, 0.5) is 0 Å². The molecule has 0 saturated carbocycles. The summed E-state index contributed by atoms with van der Waals surface area (Å²) in [6.07, 6.45) is 125. The third-order valence-electron chi connectivity index (χ3n) is 14.8. The first-order valence-electron chi connectivity index (χ1n) is 36.3. The summed E-state index contributed by atoms with van der Waals surface area (Å²) >= 11 is 0. The van der Waals surface area contributed by atoms with Crippen molar-refractivity contribution in [2.45, 2.75) is 290 Å². The van der Waals surface area contributed by atoms with Crippen LogP contribution in [0, 0.1) is 0 Å². The van der Waals surface area contributed by atoms with E-state index in [0.29, 0.717) is 12.8 Å². The van der Waals surface area contributed by atoms with Crippen molar-refractivity contribution < 1.29 is 24.2 Å². The molecule has 1 N–H and O–H groups in total. The molecule has 0 amide bonds. The van der Waals surface area contributed by atoms with Gasteiger partial charge < -0.3 is 14.6 Å². The zero-order chi connectivity index (χ0) is 64.7. The van der Waals surface area contributed by atoms with Crippen molar-refractivity contribution in [2.24, 2.45) is 0 Å². The maximum atomic E-state index is 12.4. The number of aliphatic hydroxyl groups excluding tert-OH is 1. The van der Waals surface area contributed by atoms with Crippen molar-refractivity contribution >= 4 is 11.9 Å². The van der Waals surface area contributed by atoms with Crippen LogP contribution in [-0.4, -0.2) is 36.4 Å². The minimum atomic E-state index is -0.794. The molecule has 0 fully saturated rings. The SMILES string of the molecule is CC/C=C\C/C=C\C/C=C\C/C=C\C/C=C\C/C=C\C/C=C\C/C=C\C/C=C\C/C=C\CCCCCCCCCCCCC(=O)OC(CO)COC(=O)CCCCCCCCCCCC/C=C\C/C=C\C/C=C\C/C=C\C/C=C\C/C=C\C/C=C\C/C=C\CC. The van der Waals surface area contributed by atoms with Crippen LogP contribution in [0.25, 0.3) is 0 Å². The number of esters is 2. The Bertz CT molecular complexity index is 2130. The van der Waals surface area contributed by atoms with Gasteiger partial charge in [-0.25, -0.2) is 0 Å². The van der Waals surface area contributed by atoms with Crippen molar-refractivity contribution in [2.75, 3.05) is 13.2 Å². The van der Waals surface area contributed by atoms with Crippen LogP contribution in [0.5, 0.6) is 0 Å². The Labute approximate surface area is 554 Å². The van der Waals surface area contributed by atoms with E-state index in [-0.39, 0.29) is 25.2 Å². The summed E-state index contributed by atoms with van der Waals surface area (Å²) in [5, 5.41) is 9.71. The molecule has 5 heteroatoms. The van der Waals surface area contributed by atoms with Crippen LogP contribution >= 0.6 is 0 Å². The normalized spacial score (nSPS) is 13.6. The van der Waals surface area contributed by atoms with Gasteiger partial charge in [-0.1, -0.05) is 335 Å². The van der Waals surface area contributed by atoms with Gasteiger partial charge in [-0.05, 0) is 154 Å². The van der Waals surface area contributed by atoms with Gasteiger partial charge in [0.25, 0.3) is 0 Å². The van der Waals surface area contributed by atoms with Gasteiger partial charge in [-0.15, -0.1) is 0 Å². The maximum Gasteiger partial charge on any atom is 0.306 e. The lowest BCUT2D eigenvalue weighted by molar-refractivity contribution is -0.161. The fourth-order valence-electron chi connectivity index (χ4n) is 9.42. The summed E-state index contributed by atoms with van der Waals surface area (Å²) in [5.74, 6) is -0.611. The quantitative estimate of drug-likeness (QED) is 0.0373. The first-order valence-corrected chi connectivity index (χ1v) is 36.3. The van der Waals surface area contributed by atoms with Crippen LogP contribution in [0.1, 0.15) is 284 Å². The van der Waals surface area contributed by atoms with Crippen molar-refractivity contribution in [1.29, 1.82) is 0 Å². The fraction of sp³-hybridized carbons (Fsp3) is 0.553. The first-order chi connectivity index (χ1) is 44.6. The Morgan fingerprint density at radius 2 is 0.444 bits per heavy atom. The molecule has 0 aromatic heterocycles. The van der Waals surface area contributed by atoms with E-state index < -0.39 is 6.10 Å². The van der Waals surface area contributed by atoms with Crippen LogP contribution in [0.15, 0.2) is 219 Å². The van der Waals surface area contributed by atoms with E-state index in [1.54, 1.807) is 0 Å². The summed E-state index contributed by atoms with van der Waals surface area (Å²) in [6, 6.07) is 0. The molecule has 0 aromatic carbocycles. The zero-order valence-electron chi connectivity index (χ0n) is 57.6. The minimum absolute atomic E-state index is 0.0822. The summed E-state index contributed by atoms with van der Waals surface area (Å²) in [6.45, 7) is 3.90. The number of allylic oxidation sites excluding steroid dienone is 36. The zero-order valence-corrected chi connectivity index (χ0v) is 57.6. The number of carbonyl (C=O) groups is 2. The number of aliphatic hydroxyl groups is 1. The molecule has 0 aliphatic heterocycles. The largest absolute Gasteiger partial charge is 0.462 e. The standard InChI is InChI=1S/C85H132O5/c1-3-5-7-9-11-13-15-17-19-21-23-25-27-29-31-33-35-37-39-40-41-42-43-44-46-48-50-52-54-56-58-60-62-64-66-68-70-72-74-76-78-80-85(88)90-83(81-86)82-89-84(87)79-77-75-73-71-69-67-65-63-61-59-57-55-53-51-49-47-45-38-36-34-32-30-28-26-24-22-20-18-16-14-12-10-8-6-4-2/h5-8,11-14,17-20,23-26,29-32,35-38,40-41,43-44,47-50,53-56,83,86H,3-4,9-10,15-16,21-22,27-28,33-34,39,42,45-46,51-52,57-82H2,1-2H3/b7-5-,8-6-,13-11-,14-12-,19-17-,20-18-,25-23-,26-24-,31-29-,32-30-,37-35-,38-36-,41-40-,44-43-,49-47-,50-48-,55-53-,56-54-. The Morgan fingerprint density at radius 3 is 0.667 bits per heavy atom. The molecule has 502 valence electrons. The lowest BCUT2D eigenvalue weighted by Crippen LogP contribution is -2.28. The van der Waals surface area contributed by atoms with E-state index in [0.717, 1.165) is 154 Å². The molecule has 0 heterocycles. The molecule has 90 heavy (non-hydrogen) atoms. The summed E-state index contributed by atoms with van der Waals surface area (Å²) in [5.41, 5.74) is 0. The van der Waals surface area contributed by atoms with Gasteiger partial charge in [0.15, 0.2) is 6.10 Å². The number of hydrogen-bond acceptors (Lipinski definition) is 5. The lowest BCUT2D eigenvalue weighted by atomic mass is 10.0. The van der Waals surface area contributed by atoms with Crippen molar-refractivity contribution in [3.05, 3.63) is 219 Å². The molecule has 0 radical (unpaired) electrons. The Hall–Kier alpha value is -5.78. The third-order valence-corrected chi connectivity index (χ3v) is 14.8. The number of ether oxygens (including phenoxy) is 2. The smallest absolute Gasteiger partial charge is 0.306 e. The molecular weight excluding hydrogens is 1100 g/mol. The predicted molar refractivity (Wildman–Crippen MR) is 398 cm³/mol. The highest BCUT2D eigenvalue weighted by atomic mass is 16.6. The van der Waals surface area contributed by atoms with Gasteiger partial charge in [-0.3, -0.25) is 9.59 Å². The van der Waals surface area contributed by atoms with Crippen molar-refractivity contribution in [3.63, 3.8) is 0 Å². The molecule has 0 spiro atoms. The molecule has 1 atom stereocenters. The second-order valence-electron chi connectivity index (χ2n) is 23.2. The van der Waals surface area contributed by atoms with Crippen LogP contribution in [-0.2, 0) is 19.1 Å². The second-order valence-corrected chi connectivity index (χ2v) is 23.2. The highest BCUT2D eigenvalue weighted by Gasteiger charge is 2.16. The summed E-state index contributed by atoms with van der Waals surface area (Å²) < 4.78 is 10.8. The Morgan fingerprint density at radius 1 is 0.256 bits per heavy atom. The molecule has 0 aliphatic carbocycles. The van der Waals surface area contributed by atoms with Crippen LogP contribution < -0.4 is 0 Å². The van der Waals surface area contributed by atoms with Crippen molar-refractivity contribution in [1.82, 2.24) is 0 Å². The molecule has 0 rings (SSSR count). The van der Waals surface area contributed by atoms with E-state index in [9.17, 15) is 14.7 Å². The number of unbranched alkanes of at least 4 members (excludes halogenated alkanes) is 20. The van der Waals surface area contributed by atoms with Gasteiger partial charge in [0.2, 0.25) is 0 Å². The Kier molecular flexibility index (Phi) is 72.5. The van der Waals surface area contributed by atoms with Gasteiger partial charge in [-0.2, -0.15) is 0 Å². The average Bonchev–Trinajstić information content (AvgIpc) is 3.60. The molecular formula is C85H132O5. The molecule has 0 aliphatic rings. The van der Waals surface area contributed by atoms with E-state index >= 15 is 0 Å². The fourth-order valence-corrected chi connectivity index (χ4v) is 9.42. The minimum Gasteiger partial charge on any atom is -0.462 e. The highest BCUT2D eigenvalue weighted by molar-refractivity contribution is 5.70. The number of rotatable bonds is 64. The summed E-state index contributed by atoms with van der Waals surface area (Å²) in [4.78, 5) is 24.7. The van der Waals surface area contributed by atoms with Gasteiger partial charge in [0.1, 0.15) is 6.61 Å². The molecule has 0 bridgehead atoms. The third kappa shape index (κ3) is 74.7. The first kappa shape index (κ1) is 84.2. The van der Waals surface area contributed by atoms with E-state index in [1.165, 1.54) is 103 Å². The predicted octanol–water partition coefficient (Wildman–Crippen LogP) is 25.9. The number of hydrogen-bond donors (Lipinski definition) is 1. The monoisotopic (exact) mass is 1230 g/mol. The molecule has 1 unspecified atom stereocenters. The Balaban J connectivity index is 3.60. The summed E-state index contributed by atoms with van der Waals surface area (Å²) in [7, 11) is 0. The molecule has 0 saturated heterocycles. The van der Waals surface area contributed by atoms with E-state index in [4.69, 9.17) is 9.47 Å². The lowest BCUT2D eigenvalue weighted by Gasteiger charge is -2.15. The number of carbonyl (C=O) groups excluding carboxylic acids is 2. The maximum absolute atomic E-state index is 12.4. The van der Waals surface area contributed by atoms with Gasteiger partial charge in [0, 0.05) is 12.8 Å². The topological polar surface area (TPSA) is 72.8 Å². The van der Waals surface area contributed by atoms with Crippen LogP contribution in [0.3, 0.4) is 0 Å². The van der Waals surface area contributed by atoms with Crippen molar-refractivity contribution in [3.8, 4) is 0 Å². The van der Waals surface area contributed by atoms with Crippen LogP contribution in [0.2, 0.25) is 0 Å². The van der Waals surface area contributed by atoms with Gasteiger partial charge in [0.05, 0.1) is 6.61 Å². The average molecular weight is 1230 g/mol. The highest BCUT2D eigenvalue weighted by Crippen LogP contribution is 2.15. The van der Waals surface area contributed by atoms with E-state index in [1.807, 2.05) is 0 Å². The van der Waals surface area contributed by atoms with E-state index in [2.05, 4.69) is 233 Å².